The van der Waals surface area contributed by atoms with Crippen LogP contribution in [0.4, 0.5) is 0 Å². The molecule has 2 aliphatic heterocycles. The van der Waals surface area contributed by atoms with Crippen LogP contribution < -0.4 is 5.32 Å². The fourth-order valence-electron chi connectivity index (χ4n) is 4.25. The molecule has 8 heteroatoms. The second kappa shape index (κ2) is 10.6. The smallest absolute Gasteiger partial charge is 0.224 e. The predicted molar refractivity (Wildman–Crippen MR) is 106 cm³/mol. The van der Waals surface area contributed by atoms with Gasteiger partial charge in [0.05, 0.1) is 12.5 Å². The van der Waals surface area contributed by atoms with Crippen LogP contribution in [0.2, 0.25) is 0 Å². The summed E-state index contributed by atoms with van der Waals surface area (Å²) in [5.41, 5.74) is 0. The van der Waals surface area contributed by atoms with E-state index in [0.29, 0.717) is 32.2 Å². The average molecular weight is 392 g/mol. The molecule has 2 aliphatic rings. The molecule has 1 aromatic rings. The summed E-state index contributed by atoms with van der Waals surface area (Å²) in [5.74, 6) is 0.426. The van der Waals surface area contributed by atoms with Crippen LogP contribution >= 0.6 is 0 Å². The number of aryl methyl sites for hydroxylation is 1. The second-order valence-electron chi connectivity index (χ2n) is 7.75. The molecule has 8 nitrogen and oxygen atoms in total. The van der Waals surface area contributed by atoms with E-state index in [1.54, 1.807) is 18.0 Å². The topological polar surface area (TPSA) is 79.7 Å². The molecular formula is C20H33N5O3. The molecule has 3 rings (SSSR count). The largest absolute Gasteiger partial charge is 0.383 e. The van der Waals surface area contributed by atoms with E-state index in [1.807, 2.05) is 17.2 Å². The van der Waals surface area contributed by atoms with Crippen LogP contribution in [0.15, 0.2) is 18.5 Å². The zero-order valence-corrected chi connectivity index (χ0v) is 16.9. The van der Waals surface area contributed by atoms with Crippen molar-refractivity contribution in [1.82, 2.24) is 24.9 Å². The van der Waals surface area contributed by atoms with Gasteiger partial charge < -0.3 is 15.0 Å². The van der Waals surface area contributed by atoms with Crippen LogP contribution in [-0.4, -0.2) is 83.9 Å². The molecule has 2 saturated heterocycles. The maximum absolute atomic E-state index is 12.5. The van der Waals surface area contributed by atoms with Gasteiger partial charge in [0.1, 0.15) is 0 Å². The molecule has 3 heterocycles. The monoisotopic (exact) mass is 391 g/mol. The number of ether oxygens (including phenoxy) is 1. The Morgan fingerprint density at radius 2 is 2.04 bits per heavy atom. The number of hydrogen-bond donors (Lipinski definition) is 1. The van der Waals surface area contributed by atoms with Gasteiger partial charge in [-0.1, -0.05) is 0 Å². The molecule has 2 amide bonds. The van der Waals surface area contributed by atoms with E-state index in [-0.39, 0.29) is 17.7 Å². The van der Waals surface area contributed by atoms with Crippen LogP contribution in [0.25, 0.3) is 0 Å². The van der Waals surface area contributed by atoms with Gasteiger partial charge in [0, 0.05) is 64.7 Å². The number of hydrogen-bond acceptors (Lipinski definition) is 5. The number of carbonyl (C=O) groups is 2. The first-order valence-electron chi connectivity index (χ1n) is 10.4. The third kappa shape index (κ3) is 5.78. The van der Waals surface area contributed by atoms with Crippen molar-refractivity contribution < 1.29 is 14.3 Å². The maximum atomic E-state index is 12.5. The summed E-state index contributed by atoms with van der Waals surface area (Å²) in [5, 5.41) is 7.12. The average Bonchev–Trinajstić information content (AvgIpc) is 3.26. The fraction of sp³-hybridized carbons (Fsp3) is 0.750. The van der Waals surface area contributed by atoms with Crippen molar-refractivity contribution in [3.05, 3.63) is 18.5 Å². The minimum Gasteiger partial charge on any atom is -0.383 e. The zero-order chi connectivity index (χ0) is 19.8. The standard InChI is InChI=1S/C20H33N5O3/c1-28-15-9-21-20(27)17-4-2-10-24(16-17)18-5-12-23(13-6-18)19(26)7-14-25-11-3-8-22-25/h3,8,11,17-18H,2,4-7,9-10,12-16H2,1H3,(H,21,27)/t17-/m1/s1. The van der Waals surface area contributed by atoms with E-state index < -0.39 is 0 Å². The molecule has 1 N–H and O–H groups in total. The van der Waals surface area contributed by atoms with Crippen molar-refractivity contribution in [1.29, 1.82) is 0 Å². The van der Waals surface area contributed by atoms with Gasteiger partial charge in [-0.15, -0.1) is 0 Å². The van der Waals surface area contributed by atoms with Gasteiger partial charge in [-0.3, -0.25) is 19.2 Å². The van der Waals surface area contributed by atoms with E-state index in [2.05, 4.69) is 15.3 Å². The summed E-state index contributed by atoms with van der Waals surface area (Å²) < 4.78 is 6.80. The lowest BCUT2D eigenvalue weighted by atomic mass is 9.93. The van der Waals surface area contributed by atoms with Gasteiger partial charge in [0.15, 0.2) is 0 Å². The lowest BCUT2D eigenvalue weighted by Gasteiger charge is -2.42. The molecule has 1 aromatic heterocycles. The van der Waals surface area contributed by atoms with Crippen LogP contribution in [0, 0.1) is 5.92 Å². The highest BCUT2D eigenvalue weighted by Crippen LogP contribution is 2.24. The lowest BCUT2D eigenvalue weighted by Crippen LogP contribution is -2.51. The molecule has 1 atom stereocenters. The first-order chi connectivity index (χ1) is 13.7. The summed E-state index contributed by atoms with van der Waals surface area (Å²) in [6.07, 6.45) is 8.12. The quantitative estimate of drug-likeness (QED) is 0.661. The summed E-state index contributed by atoms with van der Waals surface area (Å²) in [4.78, 5) is 29.3. The maximum Gasteiger partial charge on any atom is 0.224 e. The normalized spacial score (nSPS) is 21.6. The highest BCUT2D eigenvalue weighted by atomic mass is 16.5. The van der Waals surface area contributed by atoms with Crippen molar-refractivity contribution in [2.45, 2.75) is 44.7 Å². The summed E-state index contributed by atoms with van der Waals surface area (Å²) in [6.45, 7) is 5.27. The van der Waals surface area contributed by atoms with Crippen LogP contribution in [0.1, 0.15) is 32.1 Å². The van der Waals surface area contributed by atoms with Crippen molar-refractivity contribution >= 4 is 11.8 Å². The van der Waals surface area contributed by atoms with Crippen LogP contribution in [-0.2, 0) is 20.9 Å². The SMILES string of the molecule is COCCNC(=O)[C@@H]1CCCN(C2CCN(C(=O)CCn3cccn3)CC2)C1. The van der Waals surface area contributed by atoms with Crippen molar-refractivity contribution in [3.63, 3.8) is 0 Å². The van der Waals surface area contributed by atoms with E-state index in [1.165, 1.54) is 0 Å². The van der Waals surface area contributed by atoms with Crippen LogP contribution in [0.3, 0.4) is 0 Å². The fourth-order valence-corrected chi connectivity index (χ4v) is 4.25. The predicted octanol–water partition coefficient (Wildman–Crippen LogP) is 0.739. The van der Waals surface area contributed by atoms with E-state index in [9.17, 15) is 9.59 Å². The lowest BCUT2D eigenvalue weighted by molar-refractivity contribution is -0.133. The minimum atomic E-state index is 0.0688. The number of carbonyl (C=O) groups excluding carboxylic acids is 2. The number of nitrogens with one attached hydrogen (secondary N) is 1. The molecule has 0 saturated carbocycles. The number of nitrogens with zero attached hydrogens (tertiary/aromatic N) is 4. The summed E-state index contributed by atoms with van der Waals surface area (Å²) >= 11 is 0. The van der Waals surface area contributed by atoms with Gasteiger partial charge in [-0.25, -0.2) is 0 Å². The third-order valence-electron chi connectivity index (χ3n) is 5.88. The van der Waals surface area contributed by atoms with Crippen LogP contribution in [0.5, 0.6) is 0 Å². The first-order valence-corrected chi connectivity index (χ1v) is 10.4. The Hall–Kier alpha value is -1.93. The molecule has 0 aliphatic carbocycles. The Balaban J connectivity index is 1.40. The molecule has 0 radical (unpaired) electrons. The molecular weight excluding hydrogens is 358 g/mol. The Bertz CT molecular complexity index is 613. The zero-order valence-electron chi connectivity index (χ0n) is 16.9. The summed E-state index contributed by atoms with van der Waals surface area (Å²) in [6, 6.07) is 2.35. The Morgan fingerprint density at radius 1 is 1.21 bits per heavy atom. The number of likely N-dealkylation sites (tertiary alicyclic amines) is 2. The van der Waals surface area contributed by atoms with Gasteiger partial charge in [-0.2, -0.15) is 5.10 Å². The number of rotatable bonds is 8. The highest BCUT2D eigenvalue weighted by molar-refractivity contribution is 5.79. The minimum absolute atomic E-state index is 0.0688. The van der Waals surface area contributed by atoms with Gasteiger partial charge >= 0.3 is 0 Å². The van der Waals surface area contributed by atoms with Gasteiger partial charge in [0.25, 0.3) is 0 Å². The molecule has 2 fully saturated rings. The molecule has 156 valence electrons. The first kappa shape index (κ1) is 20.8. The summed E-state index contributed by atoms with van der Waals surface area (Å²) in [7, 11) is 1.64. The number of amides is 2. The van der Waals surface area contributed by atoms with Crippen molar-refractivity contribution in [3.8, 4) is 0 Å². The van der Waals surface area contributed by atoms with Gasteiger partial charge in [-0.05, 0) is 38.3 Å². The van der Waals surface area contributed by atoms with E-state index in [0.717, 1.165) is 51.9 Å². The Labute approximate surface area is 167 Å². The number of methoxy groups -OCH3 is 1. The number of aromatic nitrogens is 2. The van der Waals surface area contributed by atoms with Gasteiger partial charge in [0.2, 0.25) is 11.8 Å². The number of piperidine rings is 2. The molecule has 0 aromatic carbocycles. The van der Waals surface area contributed by atoms with E-state index >= 15 is 0 Å². The molecule has 28 heavy (non-hydrogen) atoms. The van der Waals surface area contributed by atoms with Crippen molar-refractivity contribution in [2.75, 3.05) is 46.4 Å². The third-order valence-corrected chi connectivity index (χ3v) is 5.88. The van der Waals surface area contributed by atoms with E-state index in [4.69, 9.17) is 4.74 Å². The Morgan fingerprint density at radius 3 is 2.75 bits per heavy atom. The highest BCUT2D eigenvalue weighted by Gasteiger charge is 2.32. The second-order valence-corrected chi connectivity index (χ2v) is 7.75. The van der Waals surface area contributed by atoms with Crippen molar-refractivity contribution in [2.24, 2.45) is 5.92 Å². The molecule has 0 bridgehead atoms. The molecule has 0 spiro atoms. The molecule has 0 unspecified atom stereocenters. The Kier molecular flexibility index (Phi) is 7.85.